The van der Waals surface area contributed by atoms with E-state index < -0.39 is 10.0 Å². The van der Waals surface area contributed by atoms with E-state index >= 15 is 0 Å². The fourth-order valence-corrected chi connectivity index (χ4v) is 4.63. The first-order valence-corrected chi connectivity index (χ1v) is 11.1. The van der Waals surface area contributed by atoms with E-state index in [0.29, 0.717) is 18.1 Å². The molecule has 1 aliphatic rings. The average Bonchev–Trinajstić information content (AvgIpc) is 2.73. The van der Waals surface area contributed by atoms with Crippen molar-refractivity contribution in [3.8, 4) is 0 Å². The Balaban J connectivity index is 1.52. The first-order chi connectivity index (χ1) is 13.4. The predicted molar refractivity (Wildman–Crippen MR) is 111 cm³/mol. The minimum absolute atomic E-state index is 0.0388. The van der Waals surface area contributed by atoms with E-state index in [-0.39, 0.29) is 30.4 Å². The number of carbonyl (C=O) groups is 1. The molecule has 150 valence electrons. The van der Waals surface area contributed by atoms with Gasteiger partial charge < -0.3 is 10.2 Å². The molecule has 2 aromatic carbocycles. The number of sulfonamides is 1. The SMILES string of the molecule is CCc1ccc(NCC(=O)N2CCN(S(=O)(=O)c3ccc(Cl)cc3)CC2)cc1. The molecule has 3 rings (SSSR count). The fourth-order valence-electron chi connectivity index (χ4n) is 3.08. The summed E-state index contributed by atoms with van der Waals surface area (Å²) in [7, 11) is -3.57. The number of hydrogen-bond donors (Lipinski definition) is 1. The van der Waals surface area contributed by atoms with Gasteiger partial charge in [0.05, 0.1) is 11.4 Å². The summed E-state index contributed by atoms with van der Waals surface area (Å²) in [5, 5.41) is 3.62. The number of benzene rings is 2. The van der Waals surface area contributed by atoms with Crippen molar-refractivity contribution in [2.45, 2.75) is 18.2 Å². The van der Waals surface area contributed by atoms with E-state index in [4.69, 9.17) is 11.6 Å². The van der Waals surface area contributed by atoms with Crippen LogP contribution in [0, 0.1) is 0 Å². The third-order valence-corrected chi connectivity index (χ3v) is 7.01. The van der Waals surface area contributed by atoms with Crippen molar-refractivity contribution in [3.63, 3.8) is 0 Å². The lowest BCUT2D eigenvalue weighted by Gasteiger charge is -2.34. The molecule has 1 heterocycles. The standard InChI is InChI=1S/C20H24ClN3O3S/c1-2-16-3-7-18(8-4-16)22-15-20(25)23-11-13-24(14-12-23)28(26,27)19-9-5-17(21)6-10-19/h3-10,22H,2,11-15H2,1H3. The molecule has 0 saturated carbocycles. The molecule has 8 heteroatoms. The maximum absolute atomic E-state index is 12.7. The number of aryl methyl sites for hydroxylation is 1. The Morgan fingerprint density at radius 2 is 1.61 bits per heavy atom. The Kier molecular flexibility index (Phi) is 6.59. The topological polar surface area (TPSA) is 69.7 Å². The van der Waals surface area contributed by atoms with Gasteiger partial charge in [-0.1, -0.05) is 30.7 Å². The van der Waals surface area contributed by atoms with Crippen LogP contribution in [0.1, 0.15) is 12.5 Å². The summed E-state index contributed by atoms with van der Waals surface area (Å²) in [5.74, 6) is -0.0388. The summed E-state index contributed by atoms with van der Waals surface area (Å²) < 4.78 is 26.8. The number of hydrogen-bond acceptors (Lipinski definition) is 4. The van der Waals surface area contributed by atoms with Crippen LogP contribution >= 0.6 is 11.6 Å². The van der Waals surface area contributed by atoms with Crippen LogP contribution in [0.3, 0.4) is 0 Å². The molecule has 0 unspecified atom stereocenters. The van der Waals surface area contributed by atoms with Gasteiger partial charge in [0.15, 0.2) is 0 Å². The molecule has 0 aromatic heterocycles. The molecule has 1 amide bonds. The van der Waals surface area contributed by atoms with Gasteiger partial charge in [-0.15, -0.1) is 0 Å². The van der Waals surface area contributed by atoms with Crippen molar-refractivity contribution >= 4 is 33.2 Å². The maximum atomic E-state index is 12.7. The number of amides is 1. The summed E-state index contributed by atoms with van der Waals surface area (Å²) in [6.07, 6.45) is 0.975. The average molecular weight is 422 g/mol. The van der Waals surface area contributed by atoms with Crippen molar-refractivity contribution in [1.82, 2.24) is 9.21 Å². The number of anilines is 1. The number of rotatable bonds is 6. The van der Waals surface area contributed by atoms with Crippen LogP contribution in [0.5, 0.6) is 0 Å². The molecule has 2 aromatic rings. The van der Waals surface area contributed by atoms with Crippen molar-refractivity contribution in [3.05, 3.63) is 59.1 Å². The lowest BCUT2D eigenvalue weighted by Crippen LogP contribution is -2.51. The quantitative estimate of drug-likeness (QED) is 0.778. The summed E-state index contributed by atoms with van der Waals surface area (Å²) in [6, 6.07) is 14.1. The van der Waals surface area contributed by atoms with Crippen LogP contribution in [0.2, 0.25) is 5.02 Å². The zero-order chi connectivity index (χ0) is 20.1. The van der Waals surface area contributed by atoms with Gasteiger partial charge in [0.2, 0.25) is 15.9 Å². The number of nitrogens with one attached hydrogen (secondary N) is 1. The fraction of sp³-hybridized carbons (Fsp3) is 0.350. The Labute approximate surface area is 171 Å². The van der Waals surface area contributed by atoms with Crippen molar-refractivity contribution in [2.75, 3.05) is 38.0 Å². The molecule has 0 radical (unpaired) electrons. The molecular weight excluding hydrogens is 398 g/mol. The van der Waals surface area contributed by atoms with Gasteiger partial charge in [-0.05, 0) is 48.4 Å². The molecule has 0 atom stereocenters. The second kappa shape index (κ2) is 8.94. The van der Waals surface area contributed by atoms with Crippen LogP contribution in [0.4, 0.5) is 5.69 Å². The first-order valence-electron chi connectivity index (χ1n) is 9.26. The highest BCUT2D eigenvalue weighted by atomic mass is 35.5. The van der Waals surface area contributed by atoms with E-state index in [2.05, 4.69) is 12.2 Å². The van der Waals surface area contributed by atoms with Crippen LogP contribution in [0.15, 0.2) is 53.4 Å². The smallest absolute Gasteiger partial charge is 0.243 e. The molecule has 28 heavy (non-hydrogen) atoms. The third kappa shape index (κ3) is 4.84. The van der Waals surface area contributed by atoms with Crippen LogP contribution < -0.4 is 5.32 Å². The van der Waals surface area contributed by atoms with E-state index in [1.807, 2.05) is 24.3 Å². The van der Waals surface area contributed by atoms with E-state index in [1.54, 1.807) is 17.0 Å². The van der Waals surface area contributed by atoms with Crippen LogP contribution in [-0.2, 0) is 21.2 Å². The predicted octanol–water partition coefficient (Wildman–Crippen LogP) is 2.85. The normalized spacial score (nSPS) is 15.4. The molecule has 1 aliphatic heterocycles. The van der Waals surface area contributed by atoms with Crippen molar-refractivity contribution in [2.24, 2.45) is 0 Å². The molecule has 0 bridgehead atoms. The van der Waals surface area contributed by atoms with E-state index in [1.165, 1.54) is 22.0 Å². The number of nitrogens with zero attached hydrogens (tertiary/aromatic N) is 2. The highest BCUT2D eigenvalue weighted by molar-refractivity contribution is 7.89. The summed E-state index contributed by atoms with van der Waals surface area (Å²) in [5.41, 5.74) is 2.14. The Hall–Kier alpha value is -2.09. The van der Waals surface area contributed by atoms with Gasteiger partial charge >= 0.3 is 0 Å². The van der Waals surface area contributed by atoms with Gasteiger partial charge in [0, 0.05) is 36.9 Å². The monoisotopic (exact) mass is 421 g/mol. The highest BCUT2D eigenvalue weighted by Crippen LogP contribution is 2.20. The summed E-state index contributed by atoms with van der Waals surface area (Å²) in [6.45, 7) is 3.60. The number of carbonyl (C=O) groups excluding carboxylic acids is 1. The molecular formula is C20H24ClN3O3S. The highest BCUT2D eigenvalue weighted by Gasteiger charge is 2.29. The molecule has 1 fully saturated rings. The second-order valence-corrected chi connectivity index (χ2v) is 9.02. The van der Waals surface area contributed by atoms with Gasteiger partial charge in [0.25, 0.3) is 0 Å². The second-order valence-electron chi connectivity index (χ2n) is 6.64. The van der Waals surface area contributed by atoms with Crippen molar-refractivity contribution < 1.29 is 13.2 Å². The molecule has 0 aliphatic carbocycles. The number of halogens is 1. The van der Waals surface area contributed by atoms with Gasteiger partial charge in [-0.25, -0.2) is 8.42 Å². The van der Waals surface area contributed by atoms with E-state index in [9.17, 15) is 13.2 Å². The maximum Gasteiger partial charge on any atom is 0.243 e. The summed E-state index contributed by atoms with van der Waals surface area (Å²) >= 11 is 5.83. The molecule has 1 N–H and O–H groups in total. The van der Waals surface area contributed by atoms with Crippen LogP contribution in [0.25, 0.3) is 0 Å². The Bertz CT molecular complexity index is 907. The van der Waals surface area contributed by atoms with Gasteiger partial charge in [-0.3, -0.25) is 4.79 Å². The molecule has 1 saturated heterocycles. The van der Waals surface area contributed by atoms with Gasteiger partial charge in [-0.2, -0.15) is 4.31 Å². The van der Waals surface area contributed by atoms with E-state index in [0.717, 1.165) is 12.1 Å². The minimum atomic E-state index is -3.57. The lowest BCUT2D eigenvalue weighted by atomic mass is 10.1. The summed E-state index contributed by atoms with van der Waals surface area (Å²) in [4.78, 5) is 14.4. The number of piperazine rings is 1. The third-order valence-electron chi connectivity index (χ3n) is 4.85. The van der Waals surface area contributed by atoms with Crippen LogP contribution in [-0.4, -0.2) is 56.3 Å². The zero-order valence-electron chi connectivity index (χ0n) is 15.8. The van der Waals surface area contributed by atoms with Gasteiger partial charge in [0.1, 0.15) is 0 Å². The molecule has 0 spiro atoms. The largest absolute Gasteiger partial charge is 0.376 e. The Morgan fingerprint density at radius 3 is 2.18 bits per heavy atom. The Morgan fingerprint density at radius 1 is 1.00 bits per heavy atom. The first kappa shape index (κ1) is 20.6. The zero-order valence-corrected chi connectivity index (χ0v) is 17.3. The van der Waals surface area contributed by atoms with Crippen molar-refractivity contribution in [1.29, 1.82) is 0 Å². The molecule has 6 nitrogen and oxygen atoms in total. The minimum Gasteiger partial charge on any atom is -0.376 e. The lowest BCUT2D eigenvalue weighted by molar-refractivity contribution is -0.130.